The smallest absolute Gasteiger partial charge is 0.426 e. The van der Waals surface area contributed by atoms with Gasteiger partial charge >= 0.3 is 12.1 Å². The highest BCUT2D eigenvalue weighted by atomic mass is 35.5. The van der Waals surface area contributed by atoms with Crippen LogP contribution in [0.3, 0.4) is 0 Å². The van der Waals surface area contributed by atoms with Gasteiger partial charge in [-0.25, -0.2) is 8.78 Å². The molecule has 1 fully saturated rings. The summed E-state index contributed by atoms with van der Waals surface area (Å²) in [5, 5.41) is -1.28. The normalized spacial score (nSPS) is 21.1. The van der Waals surface area contributed by atoms with Crippen molar-refractivity contribution in [1.82, 2.24) is 0 Å². The molecule has 0 spiro atoms. The number of hydrogen-bond donors (Lipinski definition) is 0. The van der Waals surface area contributed by atoms with Crippen LogP contribution in [0.25, 0.3) is 0 Å². The van der Waals surface area contributed by atoms with Crippen LogP contribution >= 0.6 is 11.6 Å². The van der Waals surface area contributed by atoms with Gasteiger partial charge in [0.2, 0.25) is 0 Å². The van der Waals surface area contributed by atoms with E-state index in [1.165, 1.54) is 24.3 Å². The molecule has 0 radical (unpaired) electrons. The maximum absolute atomic E-state index is 14.2. The first-order valence-electron chi connectivity index (χ1n) is 9.68. The highest BCUT2D eigenvalue weighted by Gasteiger charge is 2.62. The Kier molecular flexibility index (Phi) is 6.56. The summed E-state index contributed by atoms with van der Waals surface area (Å²) < 4.78 is 76.2. The number of benzene rings is 2. The first-order valence-corrected chi connectivity index (χ1v) is 10.1. The highest BCUT2D eigenvalue weighted by Crippen LogP contribution is 2.60. The minimum absolute atomic E-state index is 0.151. The van der Waals surface area contributed by atoms with Gasteiger partial charge in [-0.15, -0.1) is 0 Å². The van der Waals surface area contributed by atoms with E-state index in [1.807, 2.05) is 0 Å². The molecule has 1 aliphatic rings. The maximum Gasteiger partial charge on any atom is 0.426 e. The minimum Gasteiger partial charge on any atom is -0.458 e. The molecule has 0 heterocycles. The van der Waals surface area contributed by atoms with Gasteiger partial charge in [-0.05, 0) is 60.2 Å². The van der Waals surface area contributed by atoms with Crippen LogP contribution in [0.5, 0.6) is 11.5 Å². The Labute approximate surface area is 186 Å². The van der Waals surface area contributed by atoms with Crippen LogP contribution in [0.4, 0.5) is 22.0 Å². The lowest BCUT2D eigenvalue weighted by atomic mass is 10.1. The van der Waals surface area contributed by atoms with Crippen LogP contribution < -0.4 is 4.74 Å². The Morgan fingerprint density at radius 2 is 1.75 bits per heavy atom. The molecule has 0 aromatic heterocycles. The zero-order valence-electron chi connectivity index (χ0n) is 17.3. The summed E-state index contributed by atoms with van der Waals surface area (Å²) in [5.74, 6) is -3.28. The zero-order chi connectivity index (χ0) is 23.8. The number of carbonyl (C=O) groups excluding carboxylic acids is 1. The van der Waals surface area contributed by atoms with Gasteiger partial charge < -0.3 is 9.47 Å². The maximum atomic E-state index is 14.2. The van der Waals surface area contributed by atoms with Crippen molar-refractivity contribution in [2.75, 3.05) is 0 Å². The molecule has 172 valence electrons. The molecule has 0 bridgehead atoms. The number of alkyl halides is 3. The van der Waals surface area contributed by atoms with E-state index in [0.717, 1.165) is 24.3 Å². The van der Waals surface area contributed by atoms with Crippen molar-refractivity contribution in [2.24, 2.45) is 17.3 Å². The van der Waals surface area contributed by atoms with Gasteiger partial charge in [0, 0.05) is 0 Å². The van der Waals surface area contributed by atoms with E-state index in [9.17, 15) is 26.7 Å². The van der Waals surface area contributed by atoms with Gasteiger partial charge in [-0.3, -0.25) is 4.79 Å². The molecule has 0 amide bonds. The number of hydrogen-bond acceptors (Lipinski definition) is 3. The minimum atomic E-state index is -4.68. The Morgan fingerprint density at radius 1 is 1.12 bits per heavy atom. The second-order valence-corrected chi connectivity index (χ2v) is 8.57. The lowest BCUT2D eigenvalue weighted by Crippen LogP contribution is -2.14. The van der Waals surface area contributed by atoms with E-state index in [-0.39, 0.29) is 11.5 Å². The molecule has 2 aromatic rings. The van der Waals surface area contributed by atoms with Crippen molar-refractivity contribution in [2.45, 2.75) is 33.1 Å². The van der Waals surface area contributed by atoms with Crippen LogP contribution in [-0.4, -0.2) is 12.1 Å². The molecule has 3 unspecified atom stereocenters. The van der Waals surface area contributed by atoms with Gasteiger partial charge in [-0.1, -0.05) is 37.6 Å². The van der Waals surface area contributed by atoms with Crippen molar-refractivity contribution in [3.05, 3.63) is 70.8 Å². The first-order chi connectivity index (χ1) is 14.8. The summed E-state index contributed by atoms with van der Waals surface area (Å²) >= 11 is 5.31. The molecule has 9 heteroatoms. The van der Waals surface area contributed by atoms with Crippen LogP contribution in [0.2, 0.25) is 0 Å². The van der Waals surface area contributed by atoms with E-state index in [0.29, 0.717) is 5.56 Å². The topological polar surface area (TPSA) is 35.5 Å². The predicted octanol–water partition coefficient (Wildman–Crippen LogP) is 7.32. The van der Waals surface area contributed by atoms with Crippen molar-refractivity contribution in [3.63, 3.8) is 0 Å². The van der Waals surface area contributed by atoms with Crippen LogP contribution in [0.1, 0.15) is 32.4 Å². The largest absolute Gasteiger partial charge is 0.458 e. The summed E-state index contributed by atoms with van der Waals surface area (Å²) in [6.45, 7) is 4.85. The number of esters is 1. The fraction of sp³-hybridized carbons (Fsp3) is 0.348. The van der Waals surface area contributed by atoms with Gasteiger partial charge in [0.25, 0.3) is 0 Å². The Balaban J connectivity index is 1.71. The lowest BCUT2D eigenvalue weighted by molar-refractivity contribution is -0.151. The fourth-order valence-electron chi connectivity index (χ4n) is 3.49. The molecule has 3 nitrogen and oxygen atoms in total. The van der Waals surface area contributed by atoms with Crippen molar-refractivity contribution < 1.29 is 36.2 Å². The lowest BCUT2D eigenvalue weighted by Gasteiger charge is -2.16. The van der Waals surface area contributed by atoms with Crippen molar-refractivity contribution >= 4 is 17.6 Å². The van der Waals surface area contributed by atoms with Gasteiger partial charge in [0.05, 0.1) is 5.92 Å². The monoisotopic (exact) mass is 474 g/mol. The molecule has 0 aliphatic heterocycles. The average molecular weight is 475 g/mol. The van der Waals surface area contributed by atoms with Crippen LogP contribution in [0.15, 0.2) is 53.6 Å². The molecule has 3 rings (SSSR count). The number of carbonyl (C=O) groups is 1. The van der Waals surface area contributed by atoms with Crippen molar-refractivity contribution in [1.29, 1.82) is 0 Å². The number of ether oxygens (including phenoxy) is 2. The van der Waals surface area contributed by atoms with E-state index in [2.05, 4.69) is 0 Å². The Morgan fingerprint density at radius 3 is 2.34 bits per heavy atom. The van der Waals surface area contributed by atoms with Gasteiger partial charge in [-0.2, -0.15) is 13.2 Å². The molecular weight excluding hydrogens is 455 g/mol. The van der Waals surface area contributed by atoms with E-state index >= 15 is 0 Å². The fourth-order valence-corrected chi connectivity index (χ4v) is 3.62. The molecule has 0 saturated heterocycles. The standard InChI is InChI=1S/C23H20ClF5O3/c1-12(31-21(30)20-16(22(20,2)3)11-19(24)23(27,28)29)13-4-9-17(26)18(10-13)32-15-7-5-14(25)6-8-15/h4-12,16,20H,1-3H3. The summed E-state index contributed by atoms with van der Waals surface area (Å²) in [6.07, 6.45) is -4.67. The summed E-state index contributed by atoms with van der Waals surface area (Å²) in [5.41, 5.74) is -0.335. The Bertz CT molecular complexity index is 1030. The second-order valence-electron chi connectivity index (χ2n) is 8.16. The molecule has 3 atom stereocenters. The number of rotatable bonds is 6. The Hall–Kier alpha value is -2.61. The third kappa shape index (κ3) is 5.23. The van der Waals surface area contributed by atoms with Crippen molar-refractivity contribution in [3.8, 4) is 11.5 Å². The zero-order valence-corrected chi connectivity index (χ0v) is 18.1. The quantitative estimate of drug-likeness (QED) is 0.325. The van der Waals surface area contributed by atoms with E-state index in [4.69, 9.17) is 21.1 Å². The molecular formula is C23H20ClF5O3. The third-order valence-corrected chi connectivity index (χ3v) is 5.86. The molecule has 1 saturated carbocycles. The van der Waals surface area contributed by atoms with Gasteiger partial charge in [0.15, 0.2) is 11.6 Å². The SMILES string of the molecule is CC(OC(=O)C1C(C=C(Cl)C(F)(F)F)C1(C)C)c1ccc(F)c(Oc2ccc(F)cc2)c1. The average Bonchev–Trinajstić information content (AvgIpc) is 3.24. The predicted molar refractivity (Wildman–Crippen MR) is 108 cm³/mol. The van der Waals surface area contributed by atoms with E-state index in [1.54, 1.807) is 20.8 Å². The number of allylic oxidation sites excluding steroid dienone is 2. The van der Waals surface area contributed by atoms with Gasteiger partial charge in [0.1, 0.15) is 22.7 Å². The van der Waals surface area contributed by atoms with Crippen LogP contribution in [-0.2, 0) is 9.53 Å². The summed E-state index contributed by atoms with van der Waals surface area (Å²) in [4.78, 5) is 12.6. The van der Waals surface area contributed by atoms with Crippen LogP contribution in [0, 0.1) is 28.9 Å². The first kappa shape index (κ1) is 24.0. The molecule has 1 aliphatic carbocycles. The molecule has 0 N–H and O–H groups in total. The van der Waals surface area contributed by atoms with E-state index < -0.39 is 52.2 Å². The molecule has 32 heavy (non-hydrogen) atoms. The highest BCUT2D eigenvalue weighted by molar-refractivity contribution is 6.30. The third-order valence-electron chi connectivity index (χ3n) is 5.52. The second kappa shape index (κ2) is 8.73. The number of halogens is 6. The summed E-state index contributed by atoms with van der Waals surface area (Å²) in [7, 11) is 0. The summed E-state index contributed by atoms with van der Waals surface area (Å²) in [6, 6.07) is 8.87. The molecule has 2 aromatic carbocycles.